The van der Waals surface area contributed by atoms with Crippen LogP contribution in [0, 0.1) is 0 Å². The third-order valence-corrected chi connectivity index (χ3v) is 6.03. The second kappa shape index (κ2) is 8.92. The van der Waals surface area contributed by atoms with Crippen molar-refractivity contribution >= 4 is 22.5 Å². The summed E-state index contributed by atoms with van der Waals surface area (Å²) >= 11 is 0. The number of anilines is 1. The lowest BCUT2D eigenvalue weighted by Gasteiger charge is -2.19. The van der Waals surface area contributed by atoms with Crippen LogP contribution in [0.3, 0.4) is 0 Å². The molecule has 1 amide bonds. The lowest BCUT2D eigenvalue weighted by atomic mass is 10.1. The zero-order valence-electron chi connectivity index (χ0n) is 18.6. The molecule has 0 fully saturated rings. The molecule has 0 saturated carbocycles. The van der Waals surface area contributed by atoms with Gasteiger partial charge in [-0.15, -0.1) is 0 Å². The first-order valence-electron chi connectivity index (χ1n) is 11.0. The van der Waals surface area contributed by atoms with Crippen LogP contribution in [-0.2, 0) is 19.5 Å². The number of amides is 1. The number of carbonyl (C=O) groups excluding carboxylic acids is 1. The van der Waals surface area contributed by atoms with Gasteiger partial charge in [-0.25, -0.2) is 4.98 Å². The van der Waals surface area contributed by atoms with E-state index in [-0.39, 0.29) is 11.5 Å². The number of nitrogens with zero attached hydrogens (tertiary/aromatic N) is 4. The smallest absolute Gasteiger partial charge is 0.261 e. The minimum Gasteiger partial charge on any atom is -0.378 e. The molecule has 0 atom stereocenters. The largest absolute Gasteiger partial charge is 0.378 e. The summed E-state index contributed by atoms with van der Waals surface area (Å²) in [6.07, 6.45) is 5.20. The molecule has 1 aliphatic rings. The predicted molar refractivity (Wildman–Crippen MR) is 125 cm³/mol. The molecular weight excluding hydrogens is 388 g/mol. The Morgan fingerprint density at radius 3 is 2.48 bits per heavy atom. The van der Waals surface area contributed by atoms with Crippen molar-refractivity contribution in [3.05, 3.63) is 69.8 Å². The zero-order chi connectivity index (χ0) is 22.0. The average Bonchev–Trinajstić information content (AvgIpc) is 2.74. The van der Waals surface area contributed by atoms with Gasteiger partial charge in [-0.05, 0) is 48.7 Å². The van der Waals surface area contributed by atoms with Crippen LogP contribution in [0.1, 0.15) is 47.4 Å². The Hall–Kier alpha value is -3.15. The normalized spacial score (nSPS) is 13.9. The minimum absolute atomic E-state index is 0.00948. The highest BCUT2D eigenvalue weighted by Gasteiger charge is 2.17. The molecule has 162 valence electrons. The van der Waals surface area contributed by atoms with Crippen molar-refractivity contribution in [2.75, 3.05) is 26.0 Å². The second-order valence-electron chi connectivity index (χ2n) is 8.60. The molecule has 4 rings (SSSR count). The van der Waals surface area contributed by atoms with Crippen molar-refractivity contribution < 1.29 is 4.79 Å². The van der Waals surface area contributed by atoms with Crippen LogP contribution < -0.4 is 10.5 Å². The third kappa shape index (κ3) is 4.48. The Labute approximate surface area is 183 Å². The van der Waals surface area contributed by atoms with Gasteiger partial charge >= 0.3 is 0 Å². The van der Waals surface area contributed by atoms with E-state index in [0.717, 1.165) is 49.3 Å². The first-order valence-corrected chi connectivity index (χ1v) is 11.0. The SMILES string of the molecule is CN(Cc1ccc(N(C)C)cc1)C(=O)c1ccc2c(=O)n3c(nc2c1)CCCCCC3. The first-order chi connectivity index (χ1) is 14.9. The number of aromatic nitrogens is 2. The van der Waals surface area contributed by atoms with Gasteiger partial charge in [0.2, 0.25) is 0 Å². The number of hydrogen-bond acceptors (Lipinski definition) is 4. The molecule has 0 unspecified atom stereocenters. The van der Waals surface area contributed by atoms with E-state index >= 15 is 0 Å². The van der Waals surface area contributed by atoms with Crippen LogP contribution in [0.15, 0.2) is 47.3 Å². The maximum atomic E-state index is 13.0. The van der Waals surface area contributed by atoms with Crippen LogP contribution in [-0.4, -0.2) is 41.5 Å². The molecule has 0 aliphatic carbocycles. The summed E-state index contributed by atoms with van der Waals surface area (Å²) in [7, 11) is 5.81. The maximum absolute atomic E-state index is 13.0. The van der Waals surface area contributed by atoms with E-state index in [4.69, 9.17) is 4.98 Å². The third-order valence-electron chi connectivity index (χ3n) is 6.03. The van der Waals surface area contributed by atoms with Crippen molar-refractivity contribution in [1.29, 1.82) is 0 Å². The van der Waals surface area contributed by atoms with Gasteiger partial charge in [-0.2, -0.15) is 0 Å². The van der Waals surface area contributed by atoms with E-state index in [1.165, 1.54) is 6.42 Å². The highest BCUT2D eigenvalue weighted by Crippen LogP contribution is 2.18. The van der Waals surface area contributed by atoms with Gasteiger partial charge in [0.25, 0.3) is 11.5 Å². The number of benzene rings is 2. The lowest BCUT2D eigenvalue weighted by molar-refractivity contribution is 0.0785. The van der Waals surface area contributed by atoms with E-state index in [2.05, 4.69) is 12.1 Å². The summed E-state index contributed by atoms with van der Waals surface area (Å²) in [5, 5.41) is 0.586. The van der Waals surface area contributed by atoms with Crippen LogP contribution in [0.4, 0.5) is 5.69 Å². The molecular formula is C25H30N4O2. The van der Waals surface area contributed by atoms with Gasteiger partial charge in [0.15, 0.2) is 0 Å². The molecule has 0 saturated heterocycles. The Kier molecular flexibility index (Phi) is 6.07. The molecule has 0 radical (unpaired) electrons. The van der Waals surface area contributed by atoms with Crippen molar-refractivity contribution in [2.45, 2.75) is 45.2 Å². The van der Waals surface area contributed by atoms with E-state index in [9.17, 15) is 9.59 Å². The molecule has 31 heavy (non-hydrogen) atoms. The topological polar surface area (TPSA) is 58.4 Å². The summed E-state index contributed by atoms with van der Waals surface area (Å²) in [6, 6.07) is 13.5. The summed E-state index contributed by atoms with van der Waals surface area (Å²) in [5.41, 5.74) is 3.38. The maximum Gasteiger partial charge on any atom is 0.261 e. The predicted octanol–water partition coefficient (Wildman–Crippen LogP) is 3.85. The average molecular weight is 419 g/mol. The van der Waals surface area contributed by atoms with E-state index in [0.29, 0.717) is 23.0 Å². The van der Waals surface area contributed by atoms with Crippen molar-refractivity contribution in [2.24, 2.45) is 0 Å². The summed E-state index contributed by atoms with van der Waals surface area (Å²) in [4.78, 5) is 34.6. The van der Waals surface area contributed by atoms with Gasteiger partial charge in [0.1, 0.15) is 5.82 Å². The summed E-state index contributed by atoms with van der Waals surface area (Å²) in [6.45, 7) is 1.25. The number of hydrogen-bond donors (Lipinski definition) is 0. The first kappa shape index (κ1) is 21.1. The highest BCUT2D eigenvalue weighted by atomic mass is 16.2. The molecule has 6 heteroatoms. The minimum atomic E-state index is -0.0766. The Balaban J connectivity index is 1.59. The molecule has 0 N–H and O–H groups in total. The zero-order valence-corrected chi connectivity index (χ0v) is 18.6. The van der Waals surface area contributed by atoms with Crippen LogP contribution in [0.5, 0.6) is 0 Å². The number of aryl methyl sites for hydroxylation is 1. The molecule has 1 aromatic heterocycles. The summed E-state index contributed by atoms with van der Waals surface area (Å²) in [5.74, 6) is 0.767. The van der Waals surface area contributed by atoms with Gasteiger partial charge < -0.3 is 9.80 Å². The van der Waals surface area contributed by atoms with Crippen molar-refractivity contribution in [3.8, 4) is 0 Å². The lowest BCUT2D eigenvalue weighted by Crippen LogP contribution is -2.28. The second-order valence-corrected chi connectivity index (χ2v) is 8.60. The van der Waals surface area contributed by atoms with Crippen LogP contribution >= 0.6 is 0 Å². The Bertz CT molecular complexity index is 1150. The van der Waals surface area contributed by atoms with E-state index in [1.807, 2.05) is 35.7 Å². The van der Waals surface area contributed by atoms with Gasteiger partial charge in [0.05, 0.1) is 10.9 Å². The van der Waals surface area contributed by atoms with Crippen molar-refractivity contribution in [1.82, 2.24) is 14.5 Å². The number of rotatable bonds is 4. The number of fused-ring (bicyclic) bond motifs is 2. The fraction of sp³-hybridized carbons (Fsp3) is 0.400. The fourth-order valence-corrected chi connectivity index (χ4v) is 4.19. The van der Waals surface area contributed by atoms with Gasteiger partial charge in [-0.1, -0.05) is 25.0 Å². The fourth-order valence-electron chi connectivity index (χ4n) is 4.19. The Morgan fingerprint density at radius 2 is 1.74 bits per heavy atom. The monoisotopic (exact) mass is 418 g/mol. The number of carbonyl (C=O) groups is 1. The quantitative estimate of drug-likeness (QED) is 0.646. The standard InChI is InChI=1S/C25H30N4O2/c1-27(2)20-12-9-18(10-13-20)17-28(3)24(30)19-11-14-21-22(16-19)26-23-8-6-4-5-7-15-29(23)25(21)31/h9-14,16H,4-8,15,17H2,1-3H3. The molecule has 2 heterocycles. The summed E-state index contributed by atoms with van der Waals surface area (Å²) < 4.78 is 1.83. The van der Waals surface area contributed by atoms with E-state index < -0.39 is 0 Å². The van der Waals surface area contributed by atoms with Crippen LogP contribution in [0.25, 0.3) is 10.9 Å². The molecule has 1 aliphatic heterocycles. The van der Waals surface area contributed by atoms with Gasteiger partial charge in [-0.3, -0.25) is 14.2 Å². The highest BCUT2D eigenvalue weighted by molar-refractivity contribution is 5.97. The molecule has 0 bridgehead atoms. The van der Waals surface area contributed by atoms with Crippen molar-refractivity contribution in [3.63, 3.8) is 0 Å². The van der Waals surface area contributed by atoms with Gasteiger partial charge in [0, 0.05) is 51.9 Å². The molecule has 3 aromatic rings. The molecule has 2 aromatic carbocycles. The van der Waals surface area contributed by atoms with E-state index in [1.54, 1.807) is 30.1 Å². The molecule has 0 spiro atoms. The van der Waals surface area contributed by atoms with Crippen LogP contribution in [0.2, 0.25) is 0 Å². The Morgan fingerprint density at radius 1 is 1.00 bits per heavy atom. The molecule has 6 nitrogen and oxygen atoms in total.